The standard InChI is InChI=1S/C22H21FN2O3/c1-25(15-17-10-5-6-11-18(17)23)22(27)19(14-16-8-3-2-4-9-16)24-21(26)20-12-7-13-28-20/h2-13,19H,14-15H2,1H3,(H,24,26). The molecule has 0 bridgehead atoms. The van der Waals surface area contributed by atoms with Gasteiger partial charge in [-0.2, -0.15) is 0 Å². The van der Waals surface area contributed by atoms with Crippen molar-refractivity contribution in [1.82, 2.24) is 10.2 Å². The van der Waals surface area contributed by atoms with E-state index in [4.69, 9.17) is 4.42 Å². The smallest absolute Gasteiger partial charge is 0.287 e. The van der Waals surface area contributed by atoms with E-state index in [0.717, 1.165) is 5.56 Å². The van der Waals surface area contributed by atoms with Crippen molar-refractivity contribution in [1.29, 1.82) is 0 Å². The van der Waals surface area contributed by atoms with Crippen LogP contribution in [-0.2, 0) is 17.8 Å². The SMILES string of the molecule is CN(Cc1ccccc1F)C(=O)C(Cc1ccccc1)NC(=O)c1ccco1. The van der Waals surface area contributed by atoms with Crippen molar-refractivity contribution >= 4 is 11.8 Å². The summed E-state index contributed by atoms with van der Waals surface area (Å²) in [6.45, 7) is 0.105. The minimum atomic E-state index is -0.809. The summed E-state index contributed by atoms with van der Waals surface area (Å²) in [5.41, 5.74) is 1.31. The molecule has 0 aliphatic heterocycles. The highest BCUT2D eigenvalue weighted by atomic mass is 19.1. The number of benzene rings is 2. The molecule has 28 heavy (non-hydrogen) atoms. The minimum absolute atomic E-state index is 0.105. The Morgan fingerprint density at radius 2 is 1.75 bits per heavy atom. The molecule has 0 aliphatic rings. The quantitative estimate of drug-likeness (QED) is 0.683. The fourth-order valence-corrected chi connectivity index (χ4v) is 2.91. The Bertz CT molecular complexity index is 926. The van der Waals surface area contributed by atoms with Crippen LogP contribution in [0.1, 0.15) is 21.7 Å². The van der Waals surface area contributed by atoms with Crippen molar-refractivity contribution in [2.75, 3.05) is 7.05 Å². The van der Waals surface area contributed by atoms with E-state index in [0.29, 0.717) is 12.0 Å². The summed E-state index contributed by atoms with van der Waals surface area (Å²) in [7, 11) is 1.59. The van der Waals surface area contributed by atoms with E-state index >= 15 is 0 Å². The summed E-state index contributed by atoms with van der Waals surface area (Å²) in [5.74, 6) is -1.03. The van der Waals surface area contributed by atoms with Gasteiger partial charge in [0.05, 0.1) is 6.26 Å². The lowest BCUT2D eigenvalue weighted by molar-refractivity contribution is -0.132. The molecule has 2 amide bonds. The second-order valence-electron chi connectivity index (χ2n) is 6.48. The molecule has 0 saturated heterocycles. The Labute approximate surface area is 162 Å². The average Bonchev–Trinajstić information content (AvgIpc) is 3.24. The maximum absolute atomic E-state index is 13.9. The Kier molecular flexibility index (Phi) is 6.22. The minimum Gasteiger partial charge on any atom is -0.459 e. The molecule has 5 nitrogen and oxygen atoms in total. The number of hydrogen-bond donors (Lipinski definition) is 1. The lowest BCUT2D eigenvalue weighted by Gasteiger charge is -2.25. The number of hydrogen-bond acceptors (Lipinski definition) is 3. The molecule has 1 atom stereocenters. The van der Waals surface area contributed by atoms with Gasteiger partial charge in [0.25, 0.3) is 5.91 Å². The average molecular weight is 380 g/mol. The van der Waals surface area contributed by atoms with Crippen LogP contribution in [0.3, 0.4) is 0 Å². The van der Waals surface area contributed by atoms with Gasteiger partial charge in [0.1, 0.15) is 11.9 Å². The molecule has 1 N–H and O–H groups in total. The third-order valence-corrected chi connectivity index (χ3v) is 4.37. The highest BCUT2D eigenvalue weighted by molar-refractivity contribution is 5.95. The lowest BCUT2D eigenvalue weighted by Crippen LogP contribution is -2.48. The van der Waals surface area contributed by atoms with E-state index in [-0.39, 0.29) is 24.0 Å². The van der Waals surface area contributed by atoms with Crippen LogP contribution in [-0.4, -0.2) is 29.8 Å². The van der Waals surface area contributed by atoms with Crippen LogP contribution in [0.15, 0.2) is 77.4 Å². The molecule has 0 spiro atoms. The maximum atomic E-state index is 13.9. The molecule has 1 unspecified atom stereocenters. The molecule has 6 heteroatoms. The van der Waals surface area contributed by atoms with Crippen LogP contribution in [0.2, 0.25) is 0 Å². The number of furan rings is 1. The van der Waals surface area contributed by atoms with Crippen LogP contribution >= 0.6 is 0 Å². The van der Waals surface area contributed by atoms with Gasteiger partial charge in [-0.3, -0.25) is 9.59 Å². The lowest BCUT2D eigenvalue weighted by atomic mass is 10.0. The molecule has 144 valence electrons. The number of carbonyl (C=O) groups excluding carboxylic acids is 2. The van der Waals surface area contributed by atoms with E-state index in [2.05, 4.69) is 5.32 Å². The van der Waals surface area contributed by atoms with Crippen LogP contribution in [0, 0.1) is 5.82 Å². The van der Waals surface area contributed by atoms with Gasteiger partial charge in [-0.25, -0.2) is 4.39 Å². The summed E-state index contributed by atoms with van der Waals surface area (Å²) in [5, 5.41) is 2.73. The second kappa shape index (κ2) is 8.99. The topological polar surface area (TPSA) is 62.6 Å². The zero-order chi connectivity index (χ0) is 19.9. The van der Waals surface area contributed by atoms with E-state index in [1.54, 1.807) is 31.3 Å². The van der Waals surface area contributed by atoms with Gasteiger partial charge in [0.15, 0.2) is 5.76 Å². The number of carbonyl (C=O) groups is 2. The molecule has 3 rings (SSSR count). The third-order valence-electron chi connectivity index (χ3n) is 4.37. The van der Waals surface area contributed by atoms with Crippen molar-refractivity contribution in [3.05, 3.63) is 95.7 Å². The highest BCUT2D eigenvalue weighted by Crippen LogP contribution is 2.12. The highest BCUT2D eigenvalue weighted by Gasteiger charge is 2.26. The monoisotopic (exact) mass is 380 g/mol. The predicted octanol–water partition coefficient (Wildman–Crippen LogP) is 3.42. The second-order valence-corrected chi connectivity index (χ2v) is 6.48. The first-order valence-corrected chi connectivity index (χ1v) is 8.91. The molecule has 1 aromatic heterocycles. The van der Waals surface area contributed by atoms with Crippen LogP contribution in [0.4, 0.5) is 4.39 Å². The van der Waals surface area contributed by atoms with Gasteiger partial charge in [-0.1, -0.05) is 48.5 Å². The molecule has 0 radical (unpaired) electrons. The Morgan fingerprint density at radius 3 is 2.43 bits per heavy atom. The molecular weight excluding hydrogens is 359 g/mol. The van der Waals surface area contributed by atoms with Gasteiger partial charge in [-0.05, 0) is 23.8 Å². The van der Waals surface area contributed by atoms with Gasteiger partial charge in [0, 0.05) is 25.6 Å². The Morgan fingerprint density at radius 1 is 1.04 bits per heavy atom. The number of nitrogens with one attached hydrogen (secondary N) is 1. The maximum Gasteiger partial charge on any atom is 0.287 e. The van der Waals surface area contributed by atoms with E-state index in [1.807, 2.05) is 30.3 Å². The number of rotatable bonds is 7. The molecule has 3 aromatic rings. The summed E-state index contributed by atoms with van der Waals surface area (Å²) >= 11 is 0. The zero-order valence-electron chi connectivity index (χ0n) is 15.5. The van der Waals surface area contributed by atoms with Gasteiger partial charge < -0.3 is 14.6 Å². The molecule has 2 aromatic carbocycles. The van der Waals surface area contributed by atoms with Gasteiger partial charge >= 0.3 is 0 Å². The van der Waals surface area contributed by atoms with E-state index in [1.165, 1.54) is 23.3 Å². The van der Waals surface area contributed by atoms with Gasteiger partial charge in [0.2, 0.25) is 5.91 Å². The predicted molar refractivity (Wildman–Crippen MR) is 103 cm³/mol. The largest absolute Gasteiger partial charge is 0.459 e. The fraction of sp³-hybridized carbons (Fsp3) is 0.182. The summed E-state index contributed by atoms with van der Waals surface area (Å²) in [4.78, 5) is 26.8. The van der Waals surface area contributed by atoms with Gasteiger partial charge in [-0.15, -0.1) is 0 Å². The van der Waals surface area contributed by atoms with Crippen molar-refractivity contribution in [3.63, 3.8) is 0 Å². The van der Waals surface area contributed by atoms with Crippen molar-refractivity contribution in [3.8, 4) is 0 Å². The molecule has 0 aliphatic carbocycles. The first-order chi connectivity index (χ1) is 13.5. The summed E-state index contributed by atoms with van der Waals surface area (Å²) in [6.07, 6.45) is 1.71. The first kappa shape index (κ1) is 19.4. The number of nitrogens with zero attached hydrogens (tertiary/aromatic N) is 1. The summed E-state index contributed by atoms with van der Waals surface area (Å²) in [6, 6.07) is 18.0. The van der Waals surface area contributed by atoms with Crippen LogP contribution in [0.5, 0.6) is 0 Å². The van der Waals surface area contributed by atoms with E-state index in [9.17, 15) is 14.0 Å². The fourth-order valence-electron chi connectivity index (χ4n) is 2.91. The van der Waals surface area contributed by atoms with Crippen molar-refractivity contribution in [2.24, 2.45) is 0 Å². The first-order valence-electron chi connectivity index (χ1n) is 8.91. The van der Waals surface area contributed by atoms with Crippen LogP contribution < -0.4 is 5.32 Å². The van der Waals surface area contributed by atoms with Crippen molar-refractivity contribution in [2.45, 2.75) is 19.0 Å². The zero-order valence-corrected chi connectivity index (χ0v) is 15.5. The molecule has 1 heterocycles. The summed E-state index contributed by atoms with van der Waals surface area (Å²) < 4.78 is 19.0. The molecule has 0 saturated carbocycles. The van der Waals surface area contributed by atoms with Crippen LogP contribution in [0.25, 0.3) is 0 Å². The van der Waals surface area contributed by atoms with E-state index < -0.39 is 11.9 Å². The Hall–Kier alpha value is -3.41. The Balaban J connectivity index is 1.77. The number of amides is 2. The molecule has 0 fully saturated rings. The number of halogens is 1. The molecular formula is C22H21FN2O3. The van der Waals surface area contributed by atoms with Crippen molar-refractivity contribution < 1.29 is 18.4 Å². The normalized spacial score (nSPS) is 11.6. The number of likely N-dealkylation sites (N-methyl/N-ethyl adjacent to an activating group) is 1. The third kappa shape index (κ3) is 4.85.